The van der Waals surface area contributed by atoms with Crippen LogP contribution in [0.3, 0.4) is 0 Å². The number of benzene rings is 2. The lowest BCUT2D eigenvalue weighted by atomic mass is 10.1. The number of carbonyl (C=O) groups excluding carboxylic acids is 1. The molecule has 2 N–H and O–H groups in total. The van der Waals surface area contributed by atoms with Crippen molar-refractivity contribution in [1.82, 2.24) is 4.98 Å². The summed E-state index contributed by atoms with van der Waals surface area (Å²) < 4.78 is 0. The predicted molar refractivity (Wildman–Crippen MR) is 117 cm³/mol. The van der Waals surface area contributed by atoms with Crippen molar-refractivity contribution in [2.24, 2.45) is 0 Å². The van der Waals surface area contributed by atoms with Gasteiger partial charge in [-0.1, -0.05) is 53.7 Å². The third-order valence-electron chi connectivity index (χ3n) is 4.18. The number of rotatable bonds is 6. The summed E-state index contributed by atoms with van der Waals surface area (Å²) in [6.07, 6.45) is 0. The largest absolute Gasteiger partial charge is 0.478 e. The number of aromatic nitrogens is 1. The van der Waals surface area contributed by atoms with Gasteiger partial charge in [-0.15, -0.1) is 0 Å². The summed E-state index contributed by atoms with van der Waals surface area (Å²) in [5.41, 5.74) is 2.19. The number of halogens is 1. The van der Waals surface area contributed by atoms with Crippen LogP contribution in [0.2, 0.25) is 5.02 Å². The monoisotopic (exact) mass is 437 g/mol. The Balaban J connectivity index is 1.81. The number of thioether (sulfide) groups is 1. The van der Waals surface area contributed by atoms with Crippen LogP contribution in [0.15, 0.2) is 65.7 Å². The minimum absolute atomic E-state index is 0.0130. The molecule has 6 nitrogen and oxygen atoms in total. The van der Waals surface area contributed by atoms with Crippen LogP contribution >= 0.6 is 23.4 Å². The molecule has 8 heteroatoms. The van der Waals surface area contributed by atoms with E-state index < -0.39 is 11.2 Å². The number of pyridine rings is 1. The van der Waals surface area contributed by atoms with Gasteiger partial charge >= 0.3 is 5.97 Å². The van der Waals surface area contributed by atoms with E-state index in [9.17, 15) is 14.9 Å². The number of hydrogen-bond acceptors (Lipinski definition) is 5. The molecule has 0 radical (unpaired) electrons. The molecule has 1 atom stereocenters. The fourth-order valence-corrected chi connectivity index (χ4v) is 3.65. The zero-order valence-electron chi connectivity index (χ0n) is 15.8. The minimum atomic E-state index is -1.12. The summed E-state index contributed by atoms with van der Waals surface area (Å²) in [4.78, 5) is 28.4. The molecule has 0 aliphatic heterocycles. The number of nitrogens with zero attached hydrogens (tertiary/aromatic N) is 2. The van der Waals surface area contributed by atoms with Crippen LogP contribution in [0.5, 0.6) is 0 Å². The topological polar surface area (TPSA) is 103 Å². The summed E-state index contributed by atoms with van der Waals surface area (Å²) >= 11 is 7.22. The Kier molecular flexibility index (Phi) is 6.72. The van der Waals surface area contributed by atoms with Crippen molar-refractivity contribution in [2.45, 2.75) is 17.2 Å². The zero-order chi connectivity index (χ0) is 21.7. The molecule has 1 aromatic heterocycles. The predicted octanol–water partition coefficient (Wildman–Crippen LogP) is 5.09. The molecule has 1 amide bonds. The lowest BCUT2D eigenvalue weighted by Crippen LogP contribution is -2.23. The molecule has 1 unspecified atom stereocenters. The smallest absolute Gasteiger partial charge is 0.335 e. The van der Waals surface area contributed by atoms with E-state index in [0.717, 1.165) is 17.3 Å². The highest BCUT2D eigenvalue weighted by atomic mass is 35.5. The van der Waals surface area contributed by atoms with Gasteiger partial charge in [0, 0.05) is 5.56 Å². The van der Waals surface area contributed by atoms with E-state index in [1.54, 1.807) is 19.1 Å². The van der Waals surface area contributed by atoms with Crippen LogP contribution in [0, 0.1) is 11.3 Å². The van der Waals surface area contributed by atoms with E-state index in [1.165, 1.54) is 18.2 Å². The highest BCUT2D eigenvalue weighted by molar-refractivity contribution is 8.00. The van der Waals surface area contributed by atoms with Crippen LogP contribution in [0.4, 0.5) is 5.69 Å². The van der Waals surface area contributed by atoms with E-state index in [1.807, 2.05) is 30.3 Å². The Labute approximate surface area is 182 Å². The van der Waals surface area contributed by atoms with E-state index >= 15 is 0 Å². The first-order chi connectivity index (χ1) is 14.4. The fraction of sp³-hybridized carbons (Fsp3) is 0.0909. The first-order valence-corrected chi connectivity index (χ1v) is 10.1. The molecule has 0 aliphatic rings. The van der Waals surface area contributed by atoms with Crippen LogP contribution in [0.1, 0.15) is 22.8 Å². The van der Waals surface area contributed by atoms with Gasteiger partial charge in [0.05, 0.1) is 32.8 Å². The maximum atomic E-state index is 12.7. The number of anilines is 1. The molecular weight excluding hydrogens is 422 g/mol. The molecule has 3 rings (SSSR count). The lowest BCUT2D eigenvalue weighted by Gasteiger charge is -2.14. The highest BCUT2D eigenvalue weighted by Crippen LogP contribution is 2.30. The number of carbonyl (C=O) groups is 2. The second kappa shape index (κ2) is 9.44. The SMILES string of the molecule is CC(Sc1nc(-c2ccccc2)ccc1C#N)C(=O)Nc1cc(C(=O)O)ccc1Cl. The number of amides is 1. The molecule has 1 heterocycles. The number of carboxylic acid groups (broad SMARTS) is 1. The molecule has 3 aromatic rings. The Morgan fingerprint density at radius 3 is 2.57 bits per heavy atom. The zero-order valence-corrected chi connectivity index (χ0v) is 17.4. The van der Waals surface area contributed by atoms with Gasteiger partial charge in [0.15, 0.2) is 0 Å². The van der Waals surface area contributed by atoms with Crippen LogP contribution < -0.4 is 5.32 Å². The van der Waals surface area contributed by atoms with Gasteiger partial charge < -0.3 is 10.4 Å². The number of carboxylic acids is 1. The second-order valence-corrected chi connectivity index (χ2v) is 8.01. The van der Waals surface area contributed by atoms with Gasteiger partial charge in [0.25, 0.3) is 0 Å². The highest BCUT2D eigenvalue weighted by Gasteiger charge is 2.20. The van der Waals surface area contributed by atoms with Gasteiger partial charge in [-0.05, 0) is 37.3 Å². The van der Waals surface area contributed by atoms with Crippen molar-refractivity contribution in [3.8, 4) is 17.3 Å². The third kappa shape index (κ3) is 4.98. The lowest BCUT2D eigenvalue weighted by molar-refractivity contribution is -0.115. The van der Waals surface area contributed by atoms with Crippen LogP contribution in [0.25, 0.3) is 11.3 Å². The summed E-state index contributed by atoms with van der Waals surface area (Å²) in [5, 5.41) is 21.2. The number of aromatic carboxylic acids is 1. The number of nitriles is 1. The fourth-order valence-electron chi connectivity index (χ4n) is 2.59. The molecule has 0 saturated carbocycles. The van der Waals surface area contributed by atoms with E-state index in [0.29, 0.717) is 16.3 Å². The summed E-state index contributed by atoms with van der Waals surface area (Å²) in [5.74, 6) is -1.51. The van der Waals surface area contributed by atoms with Gasteiger partial charge in [-0.2, -0.15) is 5.26 Å². The van der Waals surface area contributed by atoms with Crippen molar-refractivity contribution >= 4 is 40.9 Å². The average Bonchev–Trinajstić information content (AvgIpc) is 2.75. The maximum absolute atomic E-state index is 12.7. The van der Waals surface area contributed by atoms with Gasteiger partial charge in [0.1, 0.15) is 11.1 Å². The first kappa shape index (κ1) is 21.4. The Morgan fingerprint density at radius 1 is 1.17 bits per heavy atom. The molecule has 0 spiro atoms. The van der Waals surface area contributed by atoms with Crippen LogP contribution in [-0.2, 0) is 4.79 Å². The Bertz CT molecular complexity index is 1150. The second-order valence-electron chi connectivity index (χ2n) is 6.28. The van der Waals surface area contributed by atoms with Crippen molar-refractivity contribution in [1.29, 1.82) is 5.26 Å². The van der Waals surface area contributed by atoms with Crippen LogP contribution in [-0.4, -0.2) is 27.2 Å². The van der Waals surface area contributed by atoms with Crippen molar-refractivity contribution in [3.05, 3.63) is 76.8 Å². The average molecular weight is 438 g/mol. The summed E-state index contributed by atoms with van der Waals surface area (Å²) in [6, 6.07) is 19.1. The molecule has 30 heavy (non-hydrogen) atoms. The van der Waals surface area contributed by atoms with E-state index in [-0.39, 0.29) is 22.2 Å². The van der Waals surface area contributed by atoms with E-state index in [4.69, 9.17) is 16.7 Å². The minimum Gasteiger partial charge on any atom is -0.478 e. The molecule has 0 saturated heterocycles. The van der Waals surface area contributed by atoms with Crippen molar-refractivity contribution in [2.75, 3.05) is 5.32 Å². The molecule has 0 aliphatic carbocycles. The summed E-state index contributed by atoms with van der Waals surface area (Å²) in [7, 11) is 0. The Morgan fingerprint density at radius 2 is 1.90 bits per heavy atom. The molecular formula is C22H16ClN3O3S. The number of nitrogens with one attached hydrogen (secondary N) is 1. The first-order valence-electron chi connectivity index (χ1n) is 8.86. The standard InChI is InChI=1S/C22H16ClN3O3S/c1-13(20(27)25-19-11-15(22(28)29)7-9-17(19)23)30-21-16(12-24)8-10-18(26-21)14-5-3-2-4-6-14/h2-11,13H,1H3,(H,25,27)(H,28,29). The molecule has 150 valence electrons. The van der Waals surface area contributed by atoms with E-state index in [2.05, 4.69) is 16.4 Å². The van der Waals surface area contributed by atoms with Gasteiger partial charge in [-0.3, -0.25) is 4.79 Å². The summed E-state index contributed by atoms with van der Waals surface area (Å²) in [6.45, 7) is 1.67. The normalized spacial score (nSPS) is 11.4. The van der Waals surface area contributed by atoms with Crippen molar-refractivity contribution in [3.63, 3.8) is 0 Å². The van der Waals surface area contributed by atoms with Crippen molar-refractivity contribution < 1.29 is 14.7 Å². The molecule has 2 aromatic carbocycles. The molecule has 0 bridgehead atoms. The van der Waals surface area contributed by atoms with Gasteiger partial charge in [-0.25, -0.2) is 9.78 Å². The number of hydrogen-bond donors (Lipinski definition) is 2. The third-order valence-corrected chi connectivity index (χ3v) is 5.61. The van der Waals surface area contributed by atoms with Gasteiger partial charge in [0.2, 0.25) is 5.91 Å². The maximum Gasteiger partial charge on any atom is 0.335 e. The Hall–Kier alpha value is -3.34. The molecule has 0 fully saturated rings. The quantitative estimate of drug-likeness (QED) is 0.520.